The van der Waals surface area contributed by atoms with Crippen LogP contribution in [0.5, 0.6) is 0 Å². The molecule has 0 aromatic heterocycles. The van der Waals surface area contributed by atoms with Gasteiger partial charge in [0.05, 0.1) is 18.9 Å². The van der Waals surface area contributed by atoms with Crippen LogP contribution in [-0.4, -0.2) is 117 Å². The lowest BCUT2D eigenvalue weighted by Crippen LogP contribution is -2.62. The molecule has 2 heterocycles. The van der Waals surface area contributed by atoms with Crippen molar-refractivity contribution in [2.45, 2.75) is 102 Å². The summed E-state index contributed by atoms with van der Waals surface area (Å²) in [5.41, 5.74) is 0. The van der Waals surface area contributed by atoms with E-state index >= 15 is 0 Å². The van der Waals surface area contributed by atoms with Crippen molar-refractivity contribution in [2.75, 3.05) is 6.54 Å². The molecule has 8 N–H and O–H groups in total. The number of carboxylic acid groups (broad SMARTS) is 2. The van der Waals surface area contributed by atoms with Gasteiger partial charge in [-0.2, -0.15) is 0 Å². The average molecular weight is 613 g/mol. The molecule has 0 aliphatic carbocycles. The number of carbonyl (C=O) groups is 8. The molecule has 0 bridgehead atoms. The van der Waals surface area contributed by atoms with E-state index in [2.05, 4.69) is 26.6 Å². The second kappa shape index (κ2) is 15.3. The first-order valence-corrected chi connectivity index (χ1v) is 14.0. The van der Waals surface area contributed by atoms with E-state index in [1.165, 1.54) is 18.7 Å². The van der Waals surface area contributed by atoms with E-state index in [0.29, 0.717) is 6.42 Å². The molecule has 0 aromatic rings. The molecule has 0 aromatic carbocycles. The third-order valence-corrected chi connectivity index (χ3v) is 6.99. The standard InChI is InChI=1S/C26H40N6O11/c1-11(2)8-14-21(38)29-16(10-19(36)37)23(40)31-20(13(4)33)25(42)27-12(3)26(43)32-7-5-6-17(32)24(41)30-15(9-18(34)35)22(39)28-14/h11-17,20,33H,5-10H2,1-4H3,(H,27,42)(H,28,39)(H,29,38)(H,30,41)(H,31,40)(H,34,35)(H,36,37)/t12-,13-,14+,15-,16-,17-,20+/m1/s1. The van der Waals surface area contributed by atoms with Crippen molar-refractivity contribution in [3.63, 3.8) is 0 Å². The number of carbonyl (C=O) groups excluding carboxylic acids is 6. The highest BCUT2D eigenvalue weighted by molar-refractivity contribution is 5.99. The summed E-state index contributed by atoms with van der Waals surface area (Å²) in [4.78, 5) is 103. The number of carboxylic acids is 2. The number of nitrogens with one attached hydrogen (secondary N) is 5. The van der Waals surface area contributed by atoms with Crippen LogP contribution in [0, 0.1) is 5.92 Å². The Morgan fingerprint density at radius 3 is 1.77 bits per heavy atom. The van der Waals surface area contributed by atoms with E-state index in [-0.39, 0.29) is 25.3 Å². The quantitative estimate of drug-likeness (QED) is 0.142. The van der Waals surface area contributed by atoms with Crippen LogP contribution >= 0.6 is 0 Å². The minimum atomic E-state index is -1.76. The molecule has 7 atom stereocenters. The van der Waals surface area contributed by atoms with Crippen molar-refractivity contribution >= 4 is 47.4 Å². The minimum absolute atomic E-state index is 0.0196. The molecule has 0 radical (unpaired) electrons. The number of fused-ring (bicyclic) bond motifs is 1. The Hall–Kier alpha value is -4.28. The zero-order valence-corrected chi connectivity index (χ0v) is 24.4. The number of aliphatic hydroxyl groups is 1. The van der Waals surface area contributed by atoms with Gasteiger partial charge in [-0.15, -0.1) is 0 Å². The first kappa shape index (κ1) is 34.9. The maximum Gasteiger partial charge on any atom is 0.305 e. The molecule has 17 nitrogen and oxygen atoms in total. The van der Waals surface area contributed by atoms with E-state index in [9.17, 15) is 53.7 Å². The minimum Gasteiger partial charge on any atom is -0.481 e. The first-order valence-electron chi connectivity index (χ1n) is 14.0. The van der Waals surface area contributed by atoms with Gasteiger partial charge in [-0.3, -0.25) is 38.4 Å². The summed E-state index contributed by atoms with van der Waals surface area (Å²) in [5, 5.41) is 40.5. The first-order chi connectivity index (χ1) is 20.0. The van der Waals surface area contributed by atoms with Crippen LogP contribution in [0.25, 0.3) is 0 Å². The fourth-order valence-corrected chi connectivity index (χ4v) is 4.86. The van der Waals surface area contributed by atoms with E-state index in [1.54, 1.807) is 13.8 Å². The lowest BCUT2D eigenvalue weighted by Gasteiger charge is -2.31. The summed E-state index contributed by atoms with van der Waals surface area (Å²) in [6.45, 7) is 6.03. The maximum absolute atomic E-state index is 13.3. The van der Waals surface area contributed by atoms with Crippen LogP contribution in [-0.2, 0) is 38.4 Å². The van der Waals surface area contributed by atoms with Gasteiger partial charge in [0.25, 0.3) is 0 Å². The van der Waals surface area contributed by atoms with Crippen molar-refractivity contribution in [1.82, 2.24) is 31.5 Å². The molecular weight excluding hydrogens is 572 g/mol. The van der Waals surface area contributed by atoms with E-state index in [4.69, 9.17) is 0 Å². The van der Waals surface area contributed by atoms with Gasteiger partial charge in [-0.25, -0.2) is 0 Å². The smallest absolute Gasteiger partial charge is 0.305 e. The zero-order valence-electron chi connectivity index (χ0n) is 24.4. The van der Waals surface area contributed by atoms with Gasteiger partial charge >= 0.3 is 11.9 Å². The zero-order chi connectivity index (χ0) is 32.6. The normalized spacial score (nSPS) is 28.8. The van der Waals surface area contributed by atoms with E-state index in [1.807, 2.05) is 0 Å². The summed E-state index contributed by atoms with van der Waals surface area (Å²) in [5.74, 6) is -8.78. The summed E-state index contributed by atoms with van der Waals surface area (Å²) in [6, 6.07) is -8.79. The third kappa shape index (κ3) is 9.90. The summed E-state index contributed by atoms with van der Waals surface area (Å²) in [7, 11) is 0. The fourth-order valence-electron chi connectivity index (χ4n) is 4.86. The highest BCUT2D eigenvalue weighted by Gasteiger charge is 2.40. The van der Waals surface area contributed by atoms with Crippen molar-refractivity contribution in [2.24, 2.45) is 5.92 Å². The SMILES string of the molecule is CC(C)C[C@@H]1NC(=O)[C@@H](CC(=O)O)NC(=O)[C@H]2CCCN2C(=O)[C@@H](C)NC(=O)[C@H]([C@@H](C)O)NC(=O)[C@@H](CC(=O)O)NC1=O. The number of aliphatic hydroxyl groups excluding tert-OH is 1. The summed E-state index contributed by atoms with van der Waals surface area (Å²) >= 11 is 0. The van der Waals surface area contributed by atoms with E-state index in [0.717, 1.165) is 0 Å². The Morgan fingerprint density at radius 1 is 0.767 bits per heavy atom. The molecule has 0 unspecified atom stereocenters. The van der Waals surface area contributed by atoms with Crippen LogP contribution in [0.4, 0.5) is 0 Å². The van der Waals surface area contributed by atoms with Crippen LogP contribution in [0.3, 0.4) is 0 Å². The van der Waals surface area contributed by atoms with Gasteiger partial charge < -0.3 is 46.8 Å². The predicted octanol–water partition coefficient (Wildman–Crippen LogP) is -3.19. The Balaban J connectivity index is 2.56. The second-order valence-corrected chi connectivity index (χ2v) is 11.2. The van der Waals surface area contributed by atoms with Gasteiger partial charge in [-0.1, -0.05) is 13.8 Å². The Labute approximate surface area is 247 Å². The van der Waals surface area contributed by atoms with E-state index < -0.39 is 103 Å². The van der Waals surface area contributed by atoms with Crippen LogP contribution in [0.15, 0.2) is 0 Å². The molecule has 2 saturated heterocycles. The van der Waals surface area contributed by atoms with Gasteiger partial charge in [0, 0.05) is 6.54 Å². The van der Waals surface area contributed by atoms with Gasteiger partial charge in [0.15, 0.2) is 0 Å². The van der Waals surface area contributed by atoms with Crippen molar-refractivity contribution in [1.29, 1.82) is 0 Å². The van der Waals surface area contributed by atoms with Crippen LogP contribution in [0.2, 0.25) is 0 Å². The molecule has 240 valence electrons. The molecular formula is C26H40N6O11. The molecule has 6 amide bonds. The summed E-state index contributed by atoms with van der Waals surface area (Å²) < 4.78 is 0. The predicted molar refractivity (Wildman–Crippen MR) is 146 cm³/mol. The summed E-state index contributed by atoms with van der Waals surface area (Å²) in [6.07, 6.45) is -2.73. The Kier molecular flexibility index (Phi) is 12.4. The molecule has 17 heteroatoms. The van der Waals surface area contributed by atoms with Crippen molar-refractivity contribution < 1.29 is 53.7 Å². The highest BCUT2D eigenvalue weighted by atomic mass is 16.4. The number of aliphatic carboxylic acids is 2. The highest BCUT2D eigenvalue weighted by Crippen LogP contribution is 2.19. The maximum atomic E-state index is 13.3. The number of nitrogens with zero attached hydrogens (tertiary/aromatic N) is 1. The largest absolute Gasteiger partial charge is 0.481 e. The Bertz CT molecular complexity index is 1130. The average Bonchev–Trinajstić information content (AvgIpc) is 3.38. The topological polar surface area (TPSA) is 261 Å². The number of amides is 6. The van der Waals surface area contributed by atoms with Crippen LogP contribution in [0.1, 0.15) is 59.8 Å². The molecule has 0 saturated carbocycles. The van der Waals surface area contributed by atoms with Gasteiger partial charge in [-0.05, 0) is 39.0 Å². The van der Waals surface area contributed by atoms with Gasteiger partial charge in [0.1, 0.15) is 36.3 Å². The van der Waals surface area contributed by atoms with Crippen molar-refractivity contribution in [3.8, 4) is 0 Å². The fraction of sp³-hybridized carbons (Fsp3) is 0.692. The number of rotatable bonds is 7. The van der Waals surface area contributed by atoms with Crippen molar-refractivity contribution in [3.05, 3.63) is 0 Å². The molecule has 2 rings (SSSR count). The third-order valence-electron chi connectivity index (χ3n) is 6.99. The lowest BCUT2D eigenvalue weighted by atomic mass is 10.0. The molecule has 0 spiro atoms. The number of hydrogen-bond acceptors (Lipinski definition) is 9. The molecule has 2 aliphatic rings. The van der Waals surface area contributed by atoms with Gasteiger partial charge in [0.2, 0.25) is 35.4 Å². The molecule has 2 aliphatic heterocycles. The Morgan fingerprint density at radius 2 is 1.26 bits per heavy atom. The number of hydrogen-bond donors (Lipinski definition) is 8. The van der Waals surface area contributed by atoms with Crippen LogP contribution < -0.4 is 26.6 Å². The molecule has 43 heavy (non-hydrogen) atoms. The second-order valence-electron chi connectivity index (χ2n) is 11.2. The monoisotopic (exact) mass is 612 g/mol. The molecule has 2 fully saturated rings. The lowest BCUT2D eigenvalue weighted by molar-refractivity contribution is -0.144.